The molecule has 0 saturated carbocycles. The zero-order valence-corrected chi connectivity index (χ0v) is 14.9. The van der Waals surface area contributed by atoms with E-state index in [1.807, 2.05) is 13.8 Å². The highest BCUT2D eigenvalue weighted by molar-refractivity contribution is 7.90. The number of aromatic nitrogens is 1. The lowest BCUT2D eigenvalue weighted by molar-refractivity contribution is 0.601. The molecule has 0 spiro atoms. The van der Waals surface area contributed by atoms with E-state index in [-0.39, 0.29) is 10.8 Å². The number of pyridine rings is 1. The first-order valence-electron chi connectivity index (χ1n) is 8.20. The molecule has 0 bridgehead atoms. The van der Waals surface area contributed by atoms with E-state index in [9.17, 15) is 8.42 Å². The second-order valence-corrected chi connectivity index (χ2v) is 8.05. The molecule has 2 rings (SSSR count). The number of nitrogens with one attached hydrogen (secondary N) is 1. The monoisotopic (exact) mass is 354 g/mol. The molecule has 6 heteroatoms. The lowest BCUT2D eigenvalue weighted by Crippen LogP contribution is -2.06. The van der Waals surface area contributed by atoms with Gasteiger partial charge in [-0.3, -0.25) is 4.98 Å². The third-order valence-corrected chi connectivity index (χ3v) is 4.44. The van der Waals surface area contributed by atoms with Gasteiger partial charge in [0.1, 0.15) is 0 Å². The number of anilines is 1. The van der Waals surface area contributed by atoms with Crippen molar-refractivity contribution >= 4 is 27.1 Å². The Labute approximate surface area is 145 Å². The predicted molar refractivity (Wildman–Crippen MR) is 94.7 cm³/mol. The van der Waals surface area contributed by atoms with Crippen molar-refractivity contribution in [2.24, 2.45) is 5.92 Å². The van der Waals surface area contributed by atoms with Gasteiger partial charge in [-0.15, -0.1) is 0 Å². The molecule has 2 aromatic rings. The summed E-state index contributed by atoms with van der Waals surface area (Å²) in [5.74, 6) is -0.223. The standard InChI is InChI=1S/C17H21ClN2O2S/c1-12(2)8-13-9-14(18)4-7-17(13)20-10-15-5-6-16(11-19-15)23(3,21)22/h4-7,9,11-12,20H,8,10H2,1-3H3/i8D2. The second kappa shape index (κ2) is 7.32. The minimum absolute atomic E-state index is 0.166. The number of rotatable bonds is 6. The first kappa shape index (κ1) is 15.0. The SMILES string of the molecule is [2H]C([2H])(c1cc(Cl)ccc1NCc1ccc(S(C)(=O)=O)cn1)C(C)C. The molecule has 0 saturated heterocycles. The van der Waals surface area contributed by atoms with Gasteiger partial charge < -0.3 is 5.32 Å². The molecule has 0 unspecified atom stereocenters. The van der Waals surface area contributed by atoms with E-state index < -0.39 is 16.2 Å². The fourth-order valence-corrected chi connectivity index (χ4v) is 2.75. The number of sulfone groups is 1. The van der Waals surface area contributed by atoms with Crippen LogP contribution in [0.5, 0.6) is 0 Å². The van der Waals surface area contributed by atoms with E-state index in [0.29, 0.717) is 28.5 Å². The first-order valence-corrected chi connectivity index (χ1v) is 9.47. The molecule has 0 radical (unpaired) electrons. The van der Waals surface area contributed by atoms with E-state index in [1.165, 1.54) is 12.3 Å². The van der Waals surface area contributed by atoms with Crippen LogP contribution >= 0.6 is 11.6 Å². The predicted octanol–water partition coefficient (Wildman–Crippen LogP) is 3.95. The Morgan fingerprint density at radius 1 is 1.30 bits per heavy atom. The summed E-state index contributed by atoms with van der Waals surface area (Å²) >= 11 is 6.04. The largest absolute Gasteiger partial charge is 0.379 e. The molecule has 1 heterocycles. The lowest BCUT2D eigenvalue weighted by atomic mass is 10.0. The van der Waals surface area contributed by atoms with Crippen molar-refractivity contribution in [2.75, 3.05) is 11.6 Å². The van der Waals surface area contributed by atoms with Gasteiger partial charge in [0.2, 0.25) is 0 Å². The Kier molecular flexibility index (Phi) is 4.76. The van der Waals surface area contributed by atoms with Crippen molar-refractivity contribution in [3.63, 3.8) is 0 Å². The first-order chi connectivity index (χ1) is 11.5. The minimum Gasteiger partial charge on any atom is -0.379 e. The van der Waals surface area contributed by atoms with Gasteiger partial charge in [0.05, 0.1) is 17.1 Å². The quantitative estimate of drug-likeness (QED) is 0.853. The maximum atomic E-state index is 11.5. The summed E-state index contributed by atoms with van der Waals surface area (Å²) in [7, 11) is -3.27. The van der Waals surface area contributed by atoms with Crippen LogP contribution in [-0.4, -0.2) is 19.7 Å². The molecule has 23 heavy (non-hydrogen) atoms. The van der Waals surface area contributed by atoms with Crippen molar-refractivity contribution in [1.29, 1.82) is 0 Å². The van der Waals surface area contributed by atoms with Gasteiger partial charge in [-0.2, -0.15) is 0 Å². The highest BCUT2D eigenvalue weighted by Crippen LogP contribution is 2.24. The van der Waals surface area contributed by atoms with Crippen LogP contribution in [0.15, 0.2) is 41.4 Å². The molecule has 0 aliphatic rings. The maximum absolute atomic E-state index is 11.5. The highest BCUT2D eigenvalue weighted by atomic mass is 35.5. The minimum atomic E-state index is -3.27. The van der Waals surface area contributed by atoms with Gasteiger partial charge >= 0.3 is 0 Å². The molecular formula is C17H21ClN2O2S. The van der Waals surface area contributed by atoms with Crippen LogP contribution in [0.3, 0.4) is 0 Å². The number of hydrogen-bond donors (Lipinski definition) is 1. The van der Waals surface area contributed by atoms with Crippen LogP contribution in [0.25, 0.3) is 0 Å². The number of benzene rings is 1. The Balaban J connectivity index is 2.24. The van der Waals surface area contributed by atoms with E-state index in [1.54, 1.807) is 24.3 Å². The summed E-state index contributed by atoms with van der Waals surface area (Å²) in [6, 6.07) is 8.21. The van der Waals surface area contributed by atoms with Crippen LogP contribution in [0.2, 0.25) is 5.02 Å². The second-order valence-electron chi connectivity index (χ2n) is 5.60. The fraction of sp³-hybridized carbons (Fsp3) is 0.353. The van der Waals surface area contributed by atoms with Crippen LogP contribution < -0.4 is 5.32 Å². The summed E-state index contributed by atoms with van der Waals surface area (Å²) in [5, 5.41) is 3.64. The topological polar surface area (TPSA) is 59.1 Å². The fourth-order valence-electron chi connectivity index (χ4n) is 2.02. The zero-order chi connectivity index (χ0) is 18.8. The molecule has 0 aliphatic heterocycles. The van der Waals surface area contributed by atoms with Crippen molar-refractivity contribution in [3.8, 4) is 0 Å². The van der Waals surface area contributed by atoms with E-state index in [2.05, 4.69) is 10.3 Å². The highest BCUT2D eigenvalue weighted by Gasteiger charge is 2.09. The molecule has 1 aromatic heterocycles. The van der Waals surface area contributed by atoms with E-state index in [0.717, 1.165) is 6.26 Å². The van der Waals surface area contributed by atoms with Crippen molar-refractivity contribution < 1.29 is 11.2 Å². The average molecular weight is 355 g/mol. The molecule has 0 atom stereocenters. The summed E-state index contributed by atoms with van der Waals surface area (Å²) in [6.45, 7) is 3.97. The average Bonchev–Trinajstić information content (AvgIpc) is 2.53. The molecule has 4 nitrogen and oxygen atoms in total. The molecule has 1 N–H and O–H groups in total. The summed E-state index contributed by atoms with van der Waals surface area (Å²) in [4.78, 5) is 4.31. The Bertz CT molecular complexity index is 853. The van der Waals surface area contributed by atoms with Gasteiger partial charge in [0.15, 0.2) is 9.84 Å². The zero-order valence-electron chi connectivity index (χ0n) is 15.3. The number of nitrogens with zero attached hydrogens (tertiary/aromatic N) is 1. The Hall–Kier alpha value is -1.59. The maximum Gasteiger partial charge on any atom is 0.177 e. The van der Waals surface area contributed by atoms with Crippen molar-refractivity contribution in [2.45, 2.75) is 31.7 Å². The summed E-state index contributed by atoms with van der Waals surface area (Å²) in [5.41, 5.74) is 1.78. The Morgan fingerprint density at radius 3 is 2.61 bits per heavy atom. The van der Waals surface area contributed by atoms with Crippen LogP contribution in [0, 0.1) is 5.92 Å². The summed E-state index contributed by atoms with van der Waals surface area (Å²) in [6.07, 6.45) is 0.916. The molecule has 0 aliphatic carbocycles. The Morgan fingerprint density at radius 2 is 2.04 bits per heavy atom. The van der Waals surface area contributed by atoms with Gasteiger partial charge in [-0.1, -0.05) is 25.4 Å². The van der Waals surface area contributed by atoms with Crippen molar-refractivity contribution in [3.05, 3.63) is 52.8 Å². The van der Waals surface area contributed by atoms with Gasteiger partial charge in [0.25, 0.3) is 0 Å². The van der Waals surface area contributed by atoms with Gasteiger partial charge in [-0.25, -0.2) is 8.42 Å². The lowest BCUT2D eigenvalue weighted by Gasteiger charge is -2.14. The molecule has 0 fully saturated rings. The van der Waals surface area contributed by atoms with E-state index in [4.69, 9.17) is 14.3 Å². The number of halogens is 1. The van der Waals surface area contributed by atoms with Crippen LogP contribution in [0.4, 0.5) is 5.69 Å². The number of hydrogen-bond acceptors (Lipinski definition) is 4. The van der Waals surface area contributed by atoms with Crippen LogP contribution in [-0.2, 0) is 22.8 Å². The normalized spacial score (nSPS) is 13.6. The third kappa shape index (κ3) is 5.22. The third-order valence-electron chi connectivity index (χ3n) is 3.11. The van der Waals surface area contributed by atoms with Gasteiger partial charge in [0, 0.05) is 25.9 Å². The van der Waals surface area contributed by atoms with Gasteiger partial charge in [-0.05, 0) is 48.2 Å². The summed E-state index contributed by atoms with van der Waals surface area (Å²) < 4.78 is 39.6. The van der Waals surface area contributed by atoms with Crippen molar-refractivity contribution in [1.82, 2.24) is 4.98 Å². The molecule has 1 aromatic carbocycles. The molecule has 124 valence electrons. The smallest absolute Gasteiger partial charge is 0.177 e. The molecular weight excluding hydrogens is 332 g/mol. The van der Waals surface area contributed by atoms with E-state index >= 15 is 0 Å². The molecule has 0 amide bonds. The van der Waals surface area contributed by atoms with Crippen LogP contribution in [0.1, 0.15) is 27.8 Å².